The van der Waals surface area contributed by atoms with Crippen LogP contribution in [0.3, 0.4) is 0 Å². The summed E-state index contributed by atoms with van der Waals surface area (Å²) in [4.78, 5) is 12.9. The van der Waals surface area contributed by atoms with Crippen molar-refractivity contribution in [1.29, 1.82) is 0 Å². The number of carbonyl (C=O) groups is 1. The number of fused-ring (bicyclic) bond motifs is 1. The summed E-state index contributed by atoms with van der Waals surface area (Å²) in [6.07, 6.45) is -3.89. The Labute approximate surface area is 165 Å². The highest BCUT2D eigenvalue weighted by Crippen LogP contribution is 2.36. The molecule has 1 heterocycles. The number of ether oxygens (including phenoxy) is 2. The lowest BCUT2D eigenvalue weighted by molar-refractivity contribution is -0.137. The van der Waals surface area contributed by atoms with Crippen LogP contribution in [0.5, 0.6) is 5.75 Å². The zero-order valence-electron chi connectivity index (χ0n) is 15.9. The molecule has 8 heteroatoms. The number of benzene rings is 2. The van der Waals surface area contributed by atoms with Gasteiger partial charge in [0.25, 0.3) is 5.91 Å². The molecular formula is C21H20F3NO4. The van der Waals surface area contributed by atoms with Gasteiger partial charge in [-0.25, -0.2) is 0 Å². The second kappa shape index (κ2) is 8.57. The van der Waals surface area contributed by atoms with Crippen LogP contribution in [0, 0.1) is 0 Å². The van der Waals surface area contributed by atoms with Crippen LogP contribution in [0.2, 0.25) is 0 Å². The number of methoxy groups -OCH3 is 1. The van der Waals surface area contributed by atoms with Crippen molar-refractivity contribution in [2.75, 3.05) is 19.0 Å². The summed E-state index contributed by atoms with van der Waals surface area (Å²) in [5.74, 6) is -0.557. The van der Waals surface area contributed by atoms with Crippen LogP contribution in [0.4, 0.5) is 18.9 Å². The van der Waals surface area contributed by atoms with Crippen LogP contribution in [0.15, 0.2) is 46.9 Å². The van der Waals surface area contributed by atoms with Gasteiger partial charge in [-0.1, -0.05) is 25.1 Å². The zero-order chi connectivity index (χ0) is 21.0. The van der Waals surface area contributed by atoms with E-state index in [0.29, 0.717) is 29.6 Å². The fraction of sp³-hybridized carbons (Fsp3) is 0.286. The van der Waals surface area contributed by atoms with Crippen LogP contribution in [-0.2, 0) is 17.5 Å². The van der Waals surface area contributed by atoms with Crippen molar-refractivity contribution in [3.8, 4) is 5.75 Å². The van der Waals surface area contributed by atoms with Crippen molar-refractivity contribution in [2.45, 2.75) is 26.1 Å². The maximum absolute atomic E-state index is 13.1. The predicted molar refractivity (Wildman–Crippen MR) is 102 cm³/mol. The molecule has 0 bridgehead atoms. The van der Waals surface area contributed by atoms with Crippen molar-refractivity contribution in [1.82, 2.24) is 0 Å². The number of rotatable bonds is 7. The molecule has 0 saturated heterocycles. The van der Waals surface area contributed by atoms with Crippen molar-refractivity contribution in [3.05, 3.63) is 59.4 Å². The van der Waals surface area contributed by atoms with Gasteiger partial charge in [0.2, 0.25) is 0 Å². The largest absolute Gasteiger partial charge is 0.491 e. The fourth-order valence-electron chi connectivity index (χ4n) is 2.89. The molecule has 1 N–H and O–H groups in total. The summed E-state index contributed by atoms with van der Waals surface area (Å²) in [6, 6.07) is 9.99. The Hall–Kier alpha value is -3.00. The summed E-state index contributed by atoms with van der Waals surface area (Å²) < 4.78 is 55.7. The Kier molecular flexibility index (Phi) is 6.12. The van der Waals surface area contributed by atoms with E-state index in [1.54, 1.807) is 24.3 Å². The highest BCUT2D eigenvalue weighted by Gasteiger charge is 2.32. The predicted octanol–water partition coefficient (Wildman–Crippen LogP) is 5.64. The van der Waals surface area contributed by atoms with Crippen LogP contribution < -0.4 is 10.1 Å². The van der Waals surface area contributed by atoms with Crippen molar-refractivity contribution in [3.63, 3.8) is 0 Å². The van der Waals surface area contributed by atoms with E-state index in [-0.39, 0.29) is 23.8 Å². The number of hydrogen-bond donors (Lipinski definition) is 1. The number of anilines is 1. The van der Waals surface area contributed by atoms with E-state index in [1.165, 1.54) is 13.2 Å². The smallest absolute Gasteiger partial charge is 0.416 e. The lowest BCUT2D eigenvalue weighted by Gasteiger charge is -2.15. The quantitative estimate of drug-likeness (QED) is 0.551. The van der Waals surface area contributed by atoms with E-state index >= 15 is 0 Å². The number of hydrogen-bond acceptors (Lipinski definition) is 4. The van der Waals surface area contributed by atoms with Crippen molar-refractivity contribution < 1.29 is 31.9 Å². The van der Waals surface area contributed by atoms with E-state index in [9.17, 15) is 18.0 Å². The van der Waals surface area contributed by atoms with Gasteiger partial charge in [0, 0.05) is 18.1 Å². The number of para-hydroxylation sites is 1. The Morgan fingerprint density at radius 2 is 1.93 bits per heavy atom. The molecule has 5 nitrogen and oxygen atoms in total. The second-order valence-corrected chi connectivity index (χ2v) is 6.35. The molecule has 0 radical (unpaired) electrons. The van der Waals surface area contributed by atoms with Crippen LogP contribution in [-0.4, -0.2) is 19.6 Å². The van der Waals surface area contributed by atoms with Crippen molar-refractivity contribution in [2.24, 2.45) is 0 Å². The average molecular weight is 407 g/mol. The van der Waals surface area contributed by atoms with Crippen LogP contribution >= 0.6 is 0 Å². The van der Waals surface area contributed by atoms with Gasteiger partial charge in [0.15, 0.2) is 5.76 Å². The first kappa shape index (κ1) is 20.7. The molecular weight excluding hydrogens is 387 g/mol. The molecule has 0 aliphatic heterocycles. The SMILES string of the molecule is CCCOc1ccc(C(F)(F)F)cc1NC(=O)c1oc2ccccc2c1COC. The summed E-state index contributed by atoms with van der Waals surface area (Å²) >= 11 is 0. The second-order valence-electron chi connectivity index (χ2n) is 6.35. The number of nitrogens with one attached hydrogen (secondary N) is 1. The number of carbonyl (C=O) groups excluding carboxylic acids is 1. The number of halogens is 3. The Morgan fingerprint density at radius 3 is 2.62 bits per heavy atom. The van der Waals surface area contributed by atoms with Crippen molar-refractivity contribution >= 4 is 22.6 Å². The Bertz CT molecular complexity index is 1010. The molecule has 154 valence electrons. The molecule has 0 fully saturated rings. The van der Waals surface area contributed by atoms with Gasteiger partial charge in [-0.15, -0.1) is 0 Å². The summed E-state index contributed by atoms with van der Waals surface area (Å²) in [7, 11) is 1.48. The molecule has 29 heavy (non-hydrogen) atoms. The molecule has 0 saturated carbocycles. The molecule has 3 rings (SSSR count). The summed E-state index contributed by atoms with van der Waals surface area (Å²) in [6.45, 7) is 2.28. The average Bonchev–Trinajstić information content (AvgIpc) is 3.05. The minimum atomic E-state index is -4.55. The third-order valence-corrected chi connectivity index (χ3v) is 4.21. The maximum atomic E-state index is 13.1. The molecule has 3 aromatic rings. The monoisotopic (exact) mass is 407 g/mol. The fourth-order valence-corrected chi connectivity index (χ4v) is 2.89. The molecule has 1 amide bonds. The van der Waals surface area contributed by atoms with Gasteiger partial charge in [-0.2, -0.15) is 13.2 Å². The highest BCUT2D eigenvalue weighted by atomic mass is 19.4. The van der Waals surface area contributed by atoms with E-state index in [1.807, 2.05) is 6.92 Å². The van der Waals surface area contributed by atoms with E-state index in [0.717, 1.165) is 12.1 Å². The van der Waals surface area contributed by atoms with Gasteiger partial charge in [-0.05, 0) is 30.7 Å². The standard InChI is InChI=1S/C21H20F3NO4/c1-3-10-28-18-9-8-13(21(22,23)24)11-16(18)25-20(26)19-15(12-27-2)14-6-4-5-7-17(14)29-19/h4-9,11H,3,10,12H2,1-2H3,(H,25,26). The zero-order valence-corrected chi connectivity index (χ0v) is 15.9. The summed E-state index contributed by atoms with van der Waals surface area (Å²) in [5, 5.41) is 3.19. The van der Waals surface area contributed by atoms with E-state index in [4.69, 9.17) is 13.9 Å². The maximum Gasteiger partial charge on any atom is 0.416 e. The minimum absolute atomic E-state index is 0.0214. The van der Waals surface area contributed by atoms with Gasteiger partial charge in [0.1, 0.15) is 11.3 Å². The van der Waals surface area contributed by atoms with Crippen LogP contribution in [0.25, 0.3) is 11.0 Å². The third kappa shape index (κ3) is 4.54. The molecule has 0 aliphatic carbocycles. The van der Waals surface area contributed by atoms with E-state index in [2.05, 4.69) is 5.32 Å². The number of alkyl halides is 3. The molecule has 2 aromatic carbocycles. The Morgan fingerprint density at radius 1 is 1.17 bits per heavy atom. The van der Waals surface area contributed by atoms with Gasteiger partial charge < -0.3 is 19.2 Å². The first-order valence-corrected chi connectivity index (χ1v) is 9.00. The number of furan rings is 1. The molecule has 0 atom stereocenters. The lowest BCUT2D eigenvalue weighted by Crippen LogP contribution is -2.15. The summed E-state index contributed by atoms with van der Waals surface area (Å²) in [5.41, 5.74) is 0.0280. The number of amides is 1. The van der Waals surface area contributed by atoms with Gasteiger partial charge in [0.05, 0.1) is 24.5 Å². The first-order valence-electron chi connectivity index (χ1n) is 9.00. The normalized spacial score (nSPS) is 11.6. The first-order chi connectivity index (χ1) is 13.8. The van der Waals surface area contributed by atoms with E-state index < -0.39 is 17.6 Å². The molecule has 0 spiro atoms. The highest BCUT2D eigenvalue weighted by molar-refractivity contribution is 6.07. The third-order valence-electron chi connectivity index (χ3n) is 4.21. The Balaban J connectivity index is 1.99. The lowest BCUT2D eigenvalue weighted by atomic mass is 10.1. The topological polar surface area (TPSA) is 60.7 Å². The molecule has 1 aromatic heterocycles. The molecule has 0 unspecified atom stereocenters. The van der Waals surface area contributed by atoms with Gasteiger partial charge >= 0.3 is 6.18 Å². The van der Waals surface area contributed by atoms with Crippen LogP contribution in [0.1, 0.15) is 35.0 Å². The minimum Gasteiger partial charge on any atom is -0.491 e. The molecule has 0 aliphatic rings. The van der Waals surface area contributed by atoms with Gasteiger partial charge in [-0.3, -0.25) is 4.79 Å².